The molecule has 1 aliphatic rings. The Morgan fingerprint density at radius 3 is 2.77 bits per heavy atom. The highest BCUT2D eigenvalue weighted by molar-refractivity contribution is 6.30. The molecule has 0 saturated heterocycles. The SMILES string of the molecule is Cc1cn(Cc2cc(F)cc(Cl)c2)c2c1C(O)C(F)(F)CC2. The van der Waals surface area contributed by atoms with Gasteiger partial charge < -0.3 is 9.67 Å². The zero-order valence-corrected chi connectivity index (χ0v) is 12.7. The highest BCUT2D eigenvalue weighted by atomic mass is 35.5. The number of aliphatic hydroxyl groups excluding tert-OH is 1. The summed E-state index contributed by atoms with van der Waals surface area (Å²) in [6.07, 6.45) is -0.285. The first-order valence-corrected chi connectivity index (χ1v) is 7.35. The molecule has 6 heteroatoms. The van der Waals surface area contributed by atoms with Gasteiger partial charge in [0.25, 0.3) is 5.92 Å². The summed E-state index contributed by atoms with van der Waals surface area (Å²) < 4.78 is 42.5. The first-order valence-electron chi connectivity index (χ1n) is 6.97. The maximum absolute atomic E-state index is 13.7. The lowest BCUT2D eigenvalue weighted by molar-refractivity contribution is -0.122. The molecule has 0 spiro atoms. The fraction of sp³-hybridized carbons (Fsp3) is 0.375. The van der Waals surface area contributed by atoms with Crippen LogP contribution >= 0.6 is 11.6 Å². The number of rotatable bonds is 2. The second-order valence-electron chi connectivity index (χ2n) is 5.74. The van der Waals surface area contributed by atoms with Crippen molar-refractivity contribution in [2.45, 2.75) is 38.3 Å². The number of nitrogens with zero attached hydrogens (tertiary/aromatic N) is 1. The van der Waals surface area contributed by atoms with E-state index in [1.807, 2.05) is 0 Å². The highest BCUT2D eigenvalue weighted by Gasteiger charge is 2.45. The molecule has 1 heterocycles. The lowest BCUT2D eigenvalue weighted by Gasteiger charge is -2.29. The second-order valence-corrected chi connectivity index (χ2v) is 6.18. The summed E-state index contributed by atoms with van der Waals surface area (Å²) in [6, 6.07) is 4.22. The Morgan fingerprint density at radius 1 is 1.36 bits per heavy atom. The van der Waals surface area contributed by atoms with E-state index in [-0.39, 0.29) is 6.42 Å². The van der Waals surface area contributed by atoms with E-state index in [0.717, 1.165) is 0 Å². The number of fused-ring (bicyclic) bond motifs is 1. The Labute approximate surface area is 131 Å². The van der Waals surface area contributed by atoms with Gasteiger partial charge in [0.15, 0.2) is 0 Å². The lowest BCUT2D eigenvalue weighted by atomic mass is 9.89. The number of hydrogen-bond donors (Lipinski definition) is 1. The normalized spacial score (nSPS) is 20.0. The summed E-state index contributed by atoms with van der Waals surface area (Å²) in [7, 11) is 0. The van der Waals surface area contributed by atoms with Gasteiger partial charge in [-0.2, -0.15) is 0 Å². The average molecular weight is 330 g/mol. The van der Waals surface area contributed by atoms with Crippen LogP contribution in [0.15, 0.2) is 24.4 Å². The lowest BCUT2D eigenvalue weighted by Crippen LogP contribution is -2.32. The van der Waals surface area contributed by atoms with Crippen molar-refractivity contribution in [1.29, 1.82) is 0 Å². The fourth-order valence-corrected chi connectivity index (χ4v) is 3.33. The van der Waals surface area contributed by atoms with E-state index in [0.29, 0.717) is 34.0 Å². The van der Waals surface area contributed by atoms with Crippen molar-refractivity contribution in [3.63, 3.8) is 0 Å². The number of benzene rings is 1. The molecule has 1 aromatic carbocycles. The van der Waals surface area contributed by atoms with Crippen LogP contribution in [0.3, 0.4) is 0 Å². The minimum Gasteiger partial charge on any atom is -0.382 e. The van der Waals surface area contributed by atoms with Gasteiger partial charge in [-0.15, -0.1) is 0 Å². The van der Waals surface area contributed by atoms with Crippen molar-refractivity contribution >= 4 is 11.6 Å². The van der Waals surface area contributed by atoms with Crippen LogP contribution in [0.4, 0.5) is 13.2 Å². The summed E-state index contributed by atoms with van der Waals surface area (Å²) in [6.45, 7) is 2.02. The third-order valence-electron chi connectivity index (χ3n) is 4.08. The van der Waals surface area contributed by atoms with Gasteiger partial charge in [0, 0.05) is 35.4 Å². The van der Waals surface area contributed by atoms with Crippen molar-refractivity contribution in [3.05, 3.63) is 57.6 Å². The Morgan fingerprint density at radius 2 is 2.09 bits per heavy atom. The largest absolute Gasteiger partial charge is 0.382 e. The van der Waals surface area contributed by atoms with E-state index in [1.54, 1.807) is 23.8 Å². The standard InChI is InChI=1S/C16H15ClF3NO/c1-9-7-21(8-10-4-11(17)6-12(18)5-10)13-2-3-16(19,20)15(22)14(9)13/h4-7,15,22H,2-3,8H2,1H3. The van der Waals surface area contributed by atoms with Crippen LogP contribution in [-0.2, 0) is 13.0 Å². The molecule has 1 N–H and O–H groups in total. The molecule has 1 atom stereocenters. The maximum atomic E-state index is 13.7. The van der Waals surface area contributed by atoms with Gasteiger partial charge in [0.2, 0.25) is 0 Å². The number of aryl methyl sites for hydroxylation is 1. The van der Waals surface area contributed by atoms with Crippen LogP contribution in [0.5, 0.6) is 0 Å². The molecule has 0 radical (unpaired) electrons. The van der Waals surface area contributed by atoms with Crippen molar-refractivity contribution in [2.24, 2.45) is 0 Å². The van der Waals surface area contributed by atoms with Crippen LogP contribution in [0.1, 0.15) is 34.9 Å². The number of aliphatic hydroxyl groups is 1. The number of aromatic nitrogens is 1. The molecule has 1 aliphatic carbocycles. The molecule has 2 nitrogen and oxygen atoms in total. The van der Waals surface area contributed by atoms with Gasteiger partial charge in [-0.05, 0) is 42.7 Å². The van der Waals surface area contributed by atoms with Gasteiger partial charge in [0.1, 0.15) is 11.9 Å². The molecule has 2 aromatic rings. The van der Waals surface area contributed by atoms with Gasteiger partial charge in [-0.3, -0.25) is 0 Å². The van der Waals surface area contributed by atoms with E-state index in [2.05, 4.69) is 0 Å². The fourth-order valence-electron chi connectivity index (χ4n) is 3.09. The quantitative estimate of drug-likeness (QED) is 0.875. The molecule has 0 fully saturated rings. The summed E-state index contributed by atoms with van der Waals surface area (Å²) in [4.78, 5) is 0. The van der Waals surface area contributed by atoms with E-state index in [1.165, 1.54) is 12.1 Å². The molecule has 118 valence electrons. The molecule has 3 rings (SSSR count). The monoisotopic (exact) mass is 329 g/mol. The Balaban J connectivity index is 1.99. The first-order chi connectivity index (χ1) is 10.3. The molecule has 0 bridgehead atoms. The van der Waals surface area contributed by atoms with Crippen molar-refractivity contribution in [1.82, 2.24) is 4.57 Å². The van der Waals surface area contributed by atoms with E-state index >= 15 is 0 Å². The zero-order chi connectivity index (χ0) is 16.1. The minimum absolute atomic E-state index is 0.177. The van der Waals surface area contributed by atoms with Gasteiger partial charge in [0.05, 0.1) is 0 Å². The summed E-state index contributed by atoms with van der Waals surface area (Å²) in [5, 5.41) is 10.2. The number of halogens is 4. The van der Waals surface area contributed by atoms with Crippen LogP contribution in [0.25, 0.3) is 0 Å². The van der Waals surface area contributed by atoms with Crippen molar-refractivity contribution in [2.75, 3.05) is 0 Å². The molecule has 0 amide bonds. The first kappa shape index (κ1) is 15.4. The topological polar surface area (TPSA) is 25.2 Å². The maximum Gasteiger partial charge on any atom is 0.278 e. The molecular formula is C16H15ClF3NO. The smallest absolute Gasteiger partial charge is 0.278 e. The van der Waals surface area contributed by atoms with E-state index in [4.69, 9.17) is 11.6 Å². The number of alkyl halides is 2. The minimum atomic E-state index is -3.11. The molecule has 0 aliphatic heterocycles. The molecule has 1 unspecified atom stereocenters. The Kier molecular flexibility index (Phi) is 3.73. The molecule has 22 heavy (non-hydrogen) atoms. The van der Waals surface area contributed by atoms with Crippen LogP contribution < -0.4 is 0 Å². The van der Waals surface area contributed by atoms with Gasteiger partial charge in [-0.25, -0.2) is 13.2 Å². The van der Waals surface area contributed by atoms with Crippen LogP contribution in [-0.4, -0.2) is 15.6 Å². The van der Waals surface area contributed by atoms with Crippen molar-refractivity contribution < 1.29 is 18.3 Å². The Hall–Kier alpha value is -1.46. The summed E-state index contributed by atoms with van der Waals surface area (Å²) >= 11 is 5.84. The Bertz CT molecular complexity index is 706. The molecule has 1 aromatic heterocycles. The highest BCUT2D eigenvalue weighted by Crippen LogP contribution is 2.43. The predicted molar refractivity (Wildman–Crippen MR) is 77.9 cm³/mol. The van der Waals surface area contributed by atoms with Crippen LogP contribution in [0, 0.1) is 12.7 Å². The average Bonchev–Trinajstić information content (AvgIpc) is 2.69. The molecule has 0 saturated carbocycles. The summed E-state index contributed by atoms with van der Waals surface area (Å²) in [5.74, 6) is -3.54. The van der Waals surface area contributed by atoms with E-state index in [9.17, 15) is 18.3 Å². The van der Waals surface area contributed by atoms with Crippen molar-refractivity contribution in [3.8, 4) is 0 Å². The van der Waals surface area contributed by atoms with E-state index < -0.39 is 24.3 Å². The summed E-state index contributed by atoms with van der Waals surface area (Å²) in [5.41, 5.74) is 2.23. The third-order valence-corrected chi connectivity index (χ3v) is 4.29. The predicted octanol–water partition coefficient (Wildman–Crippen LogP) is 4.25. The molecular weight excluding hydrogens is 315 g/mol. The zero-order valence-electron chi connectivity index (χ0n) is 11.9. The van der Waals surface area contributed by atoms with Gasteiger partial charge in [-0.1, -0.05) is 11.6 Å². The van der Waals surface area contributed by atoms with Crippen LogP contribution in [0.2, 0.25) is 5.02 Å². The third kappa shape index (κ3) is 2.63. The van der Waals surface area contributed by atoms with Gasteiger partial charge >= 0.3 is 0 Å². The second kappa shape index (κ2) is 5.32. The number of hydrogen-bond acceptors (Lipinski definition) is 1.